The van der Waals surface area contributed by atoms with Crippen molar-refractivity contribution in [2.24, 2.45) is 0 Å². The Bertz CT molecular complexity index is 824. The number of hydrogen-bond acceptors (Lipinski definition) is 2. The lowest BCUT2D eigenvalue weighted by atomic mass is 10.1. The Labute approximate surface area is 141 Å². The Morgan fingerprint density at radius 1 is 1.29 bits per heavy atom. The second kappa shape index (κ2) is 7.14. The smallest absolute Gasteiger partial charge is 0.266 e. The van der Waals surface area contributed by atoms with Gasteiger partial charge in [0.15, 0.2) is 0 Å². The van der Waals surface area contributed by atoms with E-state index >= 15 is 0 Å². The monoisotopic (exact) mass is 325 g/mol. The number of aromatic nitrogens is 1. The van der Waals surface area contributed by atoms with Gasteiger partial charge in [-0.15, -0.1) is 0 Å². The van der Waals surface area contributed by atoms with Crippen molar-refractivity contribution < 1.29 is 9.18 Å². The van der Waals surface area contributed by atoms with Crippen molar-refractivity contribution in [2.75, 3.05) is 5.32 Å². The van der Waals surface area contributed by atoms with E-state index in [4.69, 9.17) is 0 Å². The molecule has 0 aliphatic heterocycles. The summed E-state index contributed by atoms with van der Waals surface area (Å²) in [5, 5.41) is 11.9. The molecule has 1 aromatic heterocycles. The number of nitrogens with zero attached hydrogens (tertiary/aromatic N) is 2. The van der Waals surface area contributed by atoms with E-state index in [1.165, 1.54) is 24.3 Å². The van der Waals surface area contributed by atoms with Crippen molar-refractivity contribution in [2.45, 2.75) is 33.7 Å². The van der Waals surface area contributed by atoms with Gasteiger partial charge in [-0.1, -0.05) is 0 Å². The van der Waals surface area contributed by atoms with Gasteiger partial charge < -0.3 is 9.88 Å². The summed E-state index contributed by atoms with van der Waals surface area (Å²) in [6.45, 7) is 8.13. The van der Waals surface area contributed by atoms with E-state index < -0.39 is 5.91 Å². The number of benzene rings is 1. The average Bonchev–Trinajstić information content (AvgIpc) is 2.81. The molecule has 0 unspecified atom stereocenters. The van der Waals surface area contributed by atoms with Crippen molar-refractivity contribution in [3.8, 4) is 6.07 Å². The fourth-order valence-electron chi connectivity index (χ4n) is 2.78. The van der Waals surface area contributed by atoms with Crippen molar-refractivity contribution in [3.05, 3.63) is 58.7 Å². The minimum Gasteiger partial charge on any atom is -0.346 e. The molecule has 1 amide bonds. The zero-order chi connectivity index (χ0) is 17.9. The van der Waals surface area contributed by atoms with E-state index in [1.54, 1.807) is 6.08 Å². The Balaban J connectivity index is 2.29. The van der Waals surface area contributed by atoms with Crippen molar-refractivity contribution in [1.29, 1.82) is 5.26 Å². The van der Waals surface area contributed by atoms with E-state index in [-0.39, 0.29) is 11.4 Å². The number of nitrogens with one attached hydrogen (secondary N) is 1. The first-order valence-electron chi connectivity index (χ1n) is 7.70. The minimum absolute atomic E-state index is 0.00308. The summed E-state index contributed by atoms with van der Waals surface area (Å²) < 4.78 is 15.1. The summed E-state index contributed by atoms with van der Waals surface area (Å²) in [6, 6.07) is 9.59. The second-order valence-corrected chi connectivity index (χ2v) is 5.92. The first-order valence-corrected chi connectivity index (χ1v) is 7.70. The molecular formula is C19H20FN3O. The molecule has 0 aliphatic carbocycles. The van der Waals surface area contributed by atoms with Crippen LogP contribution in [0.4, 0.5) is 10.1 Å². The molecule has 124 valence electrons. The molecule has 0 atom stereocenters. The lowest BCUT2D eigenvalue weighted by Crippen LogP contribution is -2.13. The number of nitriles is 1. The van der Waals surface area contributed by atoms with E-state index in [1.807, 2.05) is 26.0 Å². The van der Waals surface area contributed by atoms with Gasteiger partial charge >= 0.3 is 0 Å². The lowest BCUT2D eigenvalue weighted by molar-refractivity contribution is -0.112. The molecule has 1 heterocycles. The number of hydrogen-bond donors (Lipinski definition) is 1. The standard InChI is InChI=1S/C19H20FN3O/c1-12(2)23-13(3)9-15(14(23)4)10-16(11-21)19(24)22-18-7-5-17(20)6-8-18/h5-10,12H,1-4H3,(H,22,24)/b16-10+. The zero-order valence-corrected chi connectivity index (χ0v) is 14.2. The van der Waals surface area contributed by atoms with Crippen molar-refractivity contribution in [3.63, 3.8) is 0 Å². The van der Waals surface area contributed by atoms with Gasteiger partial charge in [-0.05, 0) is 69.7 Å². The van der Waals surface area contributed by atoms with Gasteiger partial charge in [0.05, 0.1) is 0 Å². The maximum absolute atomic E-state index is 12.9. The summed E-state index contributed by atoms with van der Waals surface area (Å²) in [5.74, 6) is -0.899. The second-order valence-electron chi connectivity index (χ2n) is 5.92. The molecule has 1 aromatic carbocycles. The van der Waals surface area contributed by atoms with Crippen LogP contribution in [0.2, 0.25) is 0 Å². The molecule has 0 saturated heterocycles. The lowest BCUT2D eigenvalue weighted by Gasteiger charge is -2.13. The van der Waals surface area contributed by atoms with Gasteiger partial charge in [-0.3, -0.25) is 4.79 Å². The van der Waals surface area contributed by atoms with Crippen molar-refractivity contribution in [1.82, 2.24) is 4.57 Å². The van der Waals surface area contributed by atoms with Crippen LogP contribution in [0.3, 0.4) is 0 Å². The van der Waals surface area contributed by atoms with Gasteiger partial charge in [0.1, 0.15) is 17.5 Å². The van der Waals surface area contributed by atoms with Gasteiger partial charge in [-0.25, -0.2) is 4.39 Å². The normalized spacial score (nSPS) is 11.5. The number of carbonyl (C=O) groups excluding carboxylic acids is 1. The number of aryl methyl sites for hydroxylation is 1. The largest absolute Gasteiger partial charge is 0.346 e. The third-order valence-electron chi connectivity index (χ3n) is 3.81. The molecule has 2 aromatic rings. The Kier molecular flexibility index (Phi) is 5.20. The molecule has 4 nitrogen and oxygen atoms in total. The summed E-state index contributed by atoms with van der Waals surface area (Å²) in [4.78, 5) is 12.3. The molecule has 5 heteroatoms. The number of halogens is 1. The number of amides is 1. The average molecular weight is 325 g/mol. The first kappa shape index (κ1) is 17.5. The molecule has 0 aliphatic rings. The molecule has 0 bridgehead atoms. The van der Waals surface area contributed by atoms with Crippen molar-refractivity contribution >= 4 is 17.7 Å². The van der Waals surface area contributed by atoms with Crippen LogP contribution < -0.4 is 5.32 Å². The van der Waals surface area contributed by atoms with Gasteiger partial charge in [-0.2, -0.15) is 5.26 Å². The summed E-state index contributed by atoms with van der Waals surface area (Å²) in [5.41, 5.74) is 3.36. The molecule has 0 spiro atoms. The van der Waals surface area contributed by atoms with E-state index in [9.17, 15) is 14.4 Å². The highest BCUT2D eigenvalue weighted by atomic mass is 19.1. The predicted octanol–water partition coefficient (Wildman–Crippen LogP) is 4.37. The fraction of sp³-hybridized carbons (Fsp3) is 0.263. The summed E-state index contributed by atoms with van der Waals surface area (Å²) in [6.07, 6.45) is 1.58. The van der Waals surface area contributed by atoms with Gasteiger partial charge in [0.25, 0.3) is 5.91 Å². The van der Waals surface area contributed by atoms with Crippen LogP contribution in [0.25, 0.3) is 6.08 Å². The molecule has 24 heavy (non-hydrogen) atoms. The number of anilines is 1. The zero-order valence-electron chi connectivity index (χ0n) is 14.2. The third-order valence-corrected chi connectivity index (χ3v) is 3.81. The fourth-order valence-corrected chi connectivity index (χ4v) is 2.78. The molecular weight excluding hydrogens is 305 g/mol. The molecule has 0 fully saturated rings. The quantitative estimate of drug-likeness (QED) is 0.670. The van der Waals surface area contributed by atoms with Crippen LogP contribution in [-0.2, 0) is 4.79 Å². The highest BCUT2D eigenvalue weighted by Gasteiger charge is 2.14. The third kappa shape index (κ3) is 3.72. The minimum atomic E-state index is -0.515. The van der Waals surface area contributed by atoms with Crippen LogP contribution in [0.15, 0.2) is 35.9 Å². The topological polar surface area (TPSA) is 57.8 Å². The highest BCUT2D eigenvalue weighted by Crippen LogP contribution is 2.22. The maximum atomic E-state index is 12.9. The Morgan fingerprint density at radius 2 is 1.92 bits per heavy atom. The molecule has 1 N–H and O–H groups in total. The van der Waals surface area contributed by atoms with Crippen LogP contribution in [0.5, 0.6) is 0 Å². The van der Waals surface area contributed by atoms with Crippen LogP contribution in [0, 0.1) is 31.0 Å². The van der Waals surface area contributed by atoms with Crippen LogP contribution in [-0.4, -0.2) is 10.5 Å². The van der Waals surface area contributed by atoms with Crippen LogP contribution >= 0.6 is 0 Å². The van der Waals surface area contributed by atoms with Gasteiger partial charge in [0.2, 0.25) is 0 Å². The molecule has 2 rings (SSSR count). The van der Waals surface area contributed by atoms with E-state index in [0.717, 1.165) is 17.0 Å². The SMILES string of the molecule is Cc1cc(/C=C(\C#N)C(=O)Nc2ccc(F)cc2)c(C)n1C(C)C. The first-order chi connectivity index (χ1) is 11.3. The maximum Gasteiger partial charge on any atom is 0.266 e. The summed E-state index contributed by atoms with van der Waals surface area (Å²) >= 11 is 0. The van der Waals surface area contributed by atoms with Gasteiger partial charge in [0, 0.05) is 23.1 Å². The predicted molar refractivity (Wildman–Crippen MR) is 92.9 cm³/mol. The van der Waals surface area contributed by atoms with Crippen LogP contribution in [0.1, 0.15) is 36.8 Å². The Morgan fingerprint density at radius 3 is 2.42 bits per heavy atom. The highest BCUT2D eigenvalue weighted by molar-refractivity contribution is 6.09. The van der Waals surface area contributed by atoms with E-state index in [2.05, 4.69) is 23.7 Å². The van der Waals surface area contributed by atoms with E-state index in [0.29, 0.717) is 11.7 Å². The summed E-state index contributed by atoms with van der Waals surface area (Å²) in [7, 11) is 0. The number of carbonyl (C=O) groups is 1. The number of rotatable bonds is 4. The molecule has 0 saturated carbocycles. The molecule has 0 radical (unpaired) electrons. The Hall–Kier alpha value is -2.87.